The van der Waals surface area contributed by atoms with Crippen molar-refractivity contribution >= 4 is 0 Å². The van der Waals surface area contributed by atoms with Crippen molar-refractivity contribution in [2.45, 2.75) is 57.4 Å². The molecule has 2 saturated carbocycles. The van der Waals surface area contributed by atoms with Gasteiger partial charge in [-0.15, -0.1) is 0 Å². The van der Waals surface area contributed by atoms with Crippen LogP contribution in [0.1, 0.15) is 51.4 Å². The van der Waals surface area contributed by atoms with Crippen molar-refractivity contribution in [2.75, 3.05) is 19.6 Å². The quantitative estimate of drug-likeness (QED) is 0.777. The van der Waals surface area contributed by atoms with E-state index in [1.54, 1.807) is 0 Å². The fraction of sp³-hybridized carbons (Fsp3) is 1.00. The van der Waals surface area contributed by atoms with Crippen molar-refractivity contribution in [3.05, 3.63) is 0 Å². The number of likely N-dealkylation sites (tertiary alicyclic amines) is 1. The average Bonchev–Trinajstić information content (AvgIpc) is 2.70. The number of rotatable bonds is 2. The number of hydrogen-bond acceptors (Lipinski definition) is 2. The zero-order valence-corrected chi connectivity index (χ0v) is 10.5. The first-order chi connectivity index (χ1) is 7.83. The van der Waals surface area contributed by atoms with Crippen molar-refractivity contribution in [2.24, 2.45) is 17.1 Å². The zero-order chi connectivity index (χ0) is 11.0. The molecule has 0 aromatic carbocycles. The van der Waals surface area contributed by atoms with Crippen LogP contribution in [0.15, 0.2) is 0 Å². The molecular weight excluding hydrogens is 196 g/mol. The molecule has 1 saturated heterocycles. The Bertz CT molecular complexity index is 233. The molecule has 1 heterocycles. The SMILES string of the molecule is NCC1CCC1N1CCC2(CCCC2)CC1. The Morgan fingerprint density at radius 2 is 1.69 bits per heavy atom. The molecule has 3 aliphatic rings. The topological polar surface area (TPSA) is 29.3 Å². The molecule has 0 radical (unpaired) electrons. The highest BCUT2D eigenvalue weighted by Crippen LogP contribution is 2.47. The van der Waals surface area contributed by atoms with Gasteiger partial charge >= 0.3 is 0 Å². The highest BCUT2D eigenvalue weighted by atomic mass is 15.2. The standard InChI is InChI=1S/C14H26N2/c15-11-12-3-4-13(12)16-9-7-14(8-10-16)5-1-2-6-14/h12-13H,1-11,15H2. The second-order valence-electron chi connectivity index (χ2n) is 6.38. The van der Waals surface area contributed by atoms with Crippen LogP contribution < -0.4 is 5.73 Å². The Labute approximate surface area is 99.6 Å². The minimum Gasteiger partial charge on any atom is -0.330 e. The third kappa shape index (κ3) is 1.80. The van der Waals surface area contributed by atoms with E-state index >= 15 is 0 Å². The van der Waals surface area contributed by atoms with E-state index in [4.69, 9.17) is 5.73 Å². The Morgan fingerprint density at radius 1 is 1.00 bits per heavy atom. The molecule has 2 aliphatic carbocycles. The molecule has 2 heteroatoms. The Morgan fingerprint density at radius 3 is 2.19 bits per heavy atom. The van der Waals surface area contributed by atoms with Crippen LogP contribution in [0, 0.1) is 11.3 Å². The van der Waals surface area contributed by atoms with Gasteiger partial charge in [-0.05, 0) is 69.5 Å². The van der Waals surface area contributed by atoms with Gasteiger partial charge in [0.2, 0.25) is 0 Å². The maximum absolute atomic E-state index is 5.82. The molecular formula is C14H26N2. The number of nitrogens with two attached hydrogens (primary N) is 1. The van der Waals surface area contributed by atoms with Crippen molar-refractivity contribution in [1.82, 2.24) is 4.90 Å². The van der Waals surface area contributed by atoms with E-state index in [1.807, 2.05) is 0 Å². The average molecular weight is 222 g/mol. The van der Waals surface area contributed by atoms with Crippen LogP contribution in [0.3, 0.4) is 0 Å². The molecule has 2 atom stereocenters. The van der Waals surface area contributed by atoms with Gasteiger partial charge in [0, 0.05) is 6.04 Å². The van der Waals surface area contributed by atoms with Gasteiger partial charge in [0.25, 0.3) is 0 Å². The molecule has 1 aliphatic heterocycles. The normalized spacial score (nSPS) is 38.8. The fourth-order valence-corrected chi connectivity index (χ4v) is 4.26. The molecule has 1 spiro atoms. The summed E-state index contributed by atoms with van der Waals surface area (Å²) in [6, 6.07) is 0.851. The predicted octanol–water partition coefficient (Wildman–Crippen LogP) is 2.38. The van der Waals surface area contributed by atoms with E-state index in [1.165, 1.54) is 64.5 Å². The number of nitrogens with zero attached hydrogens (tertiary/aromatic N) is 1. The summed E-state index contributed by atoms with van der Waals surface area (Å²) < 4.78 is 0. The molecule has 0 amide bonds. The largest absolute Gasteiger partial charge is 0.330 e. The van der Waals surface area contributed by atoms with Crippen molar-refractivity contribution in [3.8, 4) is 0 Å². The molecule has 2 N–H and O–H groups in total. The van der Waals surface area contributed by atoms with E-state index in [9.17, 15) is 0 Å². The number of piperidine rings is 1. The first-order valence-electron chi connectivity index (χ1n) is 7.27. The lowest BCUT2D eigenvalue weighted by Crippen LogP contribution is -2.53. The summed E-state index contributed by atoms with van der Waals surface area (Å²) in [6.07, 6.45) is 11.8. The highest BCUT2D eigenvalue weighted by Gasteiger charge is 2.41. The zero-order valence-electron chi connectivity index (χ0n) is 10.5. The molecule has 0 aromatic rings. The van der Waals surface area contributed by atoms with E-state index in [0.29, 0.717) is 0 Å². The maximum Gasteiger partial charge on any atom is 0.0136 e. The lowest BCUT2D eigenvalue weighted by atomic mass is 9.73. The van der Waals surface area contributed by atoms with Gasteiger partial charge < -0.3 is 10.6 Å². The van der Waals surface area contributed by atoms with Crippen molar-refractivity contribution < 1.29 is 0 Å². The van der Waals surface area contributed by atoms with Gasteiger partial charge in [0.1, 0.15) is 0 Å². The van der Waals surface area contributed by atoms with Gasteiger partial charge in [-0.2, -0.15) is 0 Å². The third-order valence-electron chi connectivity index (χ3n) is 5.67. The van der Waals surface area contributed by atoms with E-state index in [-0.39, 0.29) is 0 Å². The smallest absolute Gasteiger partial charge is 0.0136 e. The van der Waals surface area contributed by atoms with Crippen molar-refractivity contribution in [3.63, 3.8) is 0 Å². The summed E-state index contributed by atoms with van der Waals surface area (Å²) in [5.74, 6) is 0.817. The summed E-state index contributed by atoms with van der Waals surface area (Å²) in [5, 5.41) is 0. The van der Waals surface area contributed by atoms with E-state index < -0.39 is 0 Å². The van der Waals surface area contributed by atoms with Gasteiger partial charge in [0.05, 0.1) is 0 Å². The van der Waals surface area contributed by atoms with Crippen LogP contribution in [0.2, 0.25) is 0 Å². The highest BCUT2D eigenvalue weighted by molar-refractivity contribution is 4.95. The lowest BCUT2D eigenvalue weighted by Gasteiger charge is -2.49. The van der Waals surface area contributed by atoms with Gasteiger partial charge in [-0.1, -0.05) is 12.8 Å². The molecule has 92 valence electrons. The molecule has 16 heavy (non-hydrogen) atoms. The Hall–Kier alpha value is -0.0800. The molecule has 3 rings (SSSR count). The second kappa shape index (κ2) is 4.30. The molecule has 2 nitrogen and oxygen atoms in total. The molecule has 2 unspecified atom stereocenters. The minimum absolute atomic E-state index is 0.776. The second-order valence-corrected chi connectivity index (χ2v) is 6.38. The first-order valence-corrected chi connectivity index (χ1v) is 7.27. The molecule has 3 fully saturated rings. The Kier molecular flexibility index (Phi) is 2.97. The van der Waals surface area contributed by atoms with E-state index in [2.05, 4.69) is 4.90 Å². The third-order valence-corrected chi connectivity index (χ3v) is 5.67. The summed E-state index contributed by atoms with van der Waals surface area (Å²) in [6.45, 7) is 3.63. The van der Waals surface area contributed by atoms with Crippen LogP contribution in [0.5, 0.6) is 0 Å². The van der Waals surface area contributed by atoms with Crippen LogP contribution in [0.4, 0.5) is 0 Å². The monoisotopic (exact) mass is 222 g/mol. The lowest BCUT2D eigenvalue weighted by molar-refractivity contribution is 0.0124. The fourth-order valence-electron chi connectivity index (χ4n) is 4.26. The van der Waals surface area contributed by atoms with Gasteiger partial charge in [-0.3, -0.25) is 0 Å². The maximum atomic E-state index is 5.82. The van der Waals surface area contributed by atoms with Crippen LogP contribution >= 0.6 is 0 Å². The molecule has 0 bridgehead atoms. The Balaban J connectivity index is 1.54. The van der Waals surface area contributed by atoms with Crippen LogP contribution in [0.25, 0.3) is 0 Å². The predicted molar refractivity (Wildman–Crippen MR) is 67.3 cm³/mol. The van der Waals surface area contributed by atoms with Gasteiger partial charge in [-0.25, -0.2) is 0 Å². The van der Waals surface area contributed by atoms with Crippen LogP contribution in [-0.4, -0.2) is 30.6 Å². The van der Waals surface area contributed by atoms with Gasteiger partial charge in [0.15, 0.2) is 0 Å². The summed E-state index contributed by atoms with van der Waals surface area (Å²) in [7, 11) is 0. The summed E-state index contributed by atoms with van der Waals surface area (Å²) in [5.41, 5.74) is 6.60. The van der Waals surface area contributed by atoms with Crippen molar-refractivity contribution in [1.29, 1.82) is 0 Å². The summed E-state index contributed by atoms with van der Waals surface area (Å²) >= 11 is 0. The van der Waals surface area contributed by atoms with E-state index in [0.717, 1.165) is 23.9 Å². The first kappa shape index (κ1) is 11.0. The summed E-state index contributed by atoms with van der Waals surface area (Å²) in [4.78, 5) is 2.75. The molecule has 0 aromatic heterocycles. The number of hydrogen-bond donors (Lipinski definition) is 1. The minimum atomic E-state index is 0.776. The van der Waals surface area contributed by atoms with Crippen LogP contribution in [-0.2, 0) is 0 Å².